The lowest BCUT2D eigenvalue weighted by molar-refractivity contribution is -0.283. The molecule has 0 saturated carbocycles. The van der Waals surface area contributed by atoms with Crippen molar-refractivity contribution in [3.63, 3.8) is 0 Å². The lowest BCUT2D eigenvalue weighted by atomic mass is 10.0. The highest BCUT2D eigenvalue weighted by Crippen LogP contribution is 2.36. The molecule has 0 aliphatic carbocycles. The summed E-state index contributed by atoms with van der Waals surface area (Å²) in [7, 11) is 0. The van der Waals surface area contributed by atoms with Crippen LogP contribution in [0.2, 0.25) is 10.0 Å². The van der Waals surface area contributed by atoms with E-state index in [-0.39, 0.29) is 13.2 Å². The van der Waals surface area contributed by atoms with Crippen molar-refractivity contribution in [1.29, 1.82) is 0 Å². The van der Waals surface area contributed by atoms with Gasteiger partial charge in [-0.2, -0.15) is 0 Å². The van der Waals surface area contributed by atoms with Gasteiger partial charge in [0.2, 0.25) is 0 Å². The molecule has 0 amide bonds. The number of hydrogen-bond acceptors (Lipinski definition) is 6. The maximum absolute atomic E-state index is 10.8. The zero-order valence-electron chi connectivity index (χ0n) is 14.8. The number of aliphatic hydroxyl groups excluding tert-OH is 2. The molecule has 2 aromatic carbocycles. The van der Waals surface area contributed by atoms with Gasteiger partial charge in [-0.1, -0.05) is 59.6 Å². The van der Waals surface area contributed by atoms with Gasteiger partial charge in [0.05, 0.1) is 13.2 Å². The lowest BCUT2D eigenvalue weighted by Gasteiger charge is -2.38. The second kappa shape index (κ2) is 8.65. The Morgan fingerprint density at radius 3 is 1.96 bits per heavy atom. The molecule has 150 valence electrons. The first-order valence-electron chi connectivity index (χ1n) is 8.93. The molecule has 0 bridgehead atoms. The van der Waals surface area contributed by atoms with Crippen molar-refractivity contribution < 1.29 is 29.2 Å². The SMILES string of the molecule is O[C@H]([C@H]1OC(c2ccccc2Cl)OC[C@@H]1O)[C@H]1COC(c2ccccc2Cl)O1. The molecule has 4 rings (SSSR count). The Balaban J connectivity index is 1.45. The molecule has 2 aliphatic rings. The van der Waals surface area contributed by atoms with Crippen LogP contribution in [-0.2, 0) is 18.9 Å². The maximum atomic E-state index is 10.8. The largest absolute Gasteiger partial charge is 0.388 e. The summed E-state index contributed by atoms with van der Waals surface area (Å²) in [5.41, 5.74) is 1.31. The van der Waals surface area contributed by atoms with Gasteiger partial charge in [0.25, 0.3) is 0 Å². The summed E-state index contributed by atoms with van der Waals surface area (Å²) in [6.07, 6.45) is -5.24. The van der Waals surface area contributed by atoms with E-state index in [4.69, 9.17) is 42.1 Å². The molecule has 2 unspecified atom stereocenters. The third-order valence-corrected chi connectivity index (χ3v) is 5.51. The Hall–Kier alpha value is -1.22. The molecule has 0 radical (unpaired) electrons. The predicted molar refractivity (Wildman–Crippen MR) is 102 cm³/mol. The van der Waals surface area contributed by atoms with Crippen molar-refractivity contribution in [2.75, 3.05) is 13.2 Å². The molecule has 2 fully saturated rings. The fraction of sp³-hybridized carbons (Fsp3) is 0.400. The second-order valence-corrected chi connectivity index (χ2v) is 7.52. The summed E-state index contributed by atoms with van der Waals surface area (Å²) < 4.78 is 22.9. The van der Waals surface area contributed by atoms with Crippen LogP contribution in [0, 0.1) is 0 Å². The summed E-state index contributed by atoms with van der Waals surface area (Å²) in [6, 6.07) is 14.3. The van der Waals surface area contributed by atoms with Crippen molar-refractivity contribution in [2.45, 2.75) is 37.0 Å². The molecule has 8 heteroatoms. The van der Waals surface area contributed by atoms with E-state index in [1.54, 1.807) is 30.3 Å². The Kier molecular flexibility index (Phi) is 6.20. The highest BCUT2D eigenvalue weighted by Gasteiger charge is 2.43. The van der Waals surface area contributed by atoms with Gasteiger partial charge in [0.1, 0.15) is 24.4 Å². The summed E-state index contributed by atoms with van der Waals surface area (Å²) in [5, 5.41) is 22.1. The topological polar surface area (TPSA) is 77.4 Å². The smallest absolute Gasteiger partial charge is 0.185 e. The first-order chi connectivity index (χ1) is 13.5. The van der Waals surface area contributed by atoms with Gasteiger partial charge < -0.3 is 29.2 Å². The fourth-order valence-electron chi connectivity index (χ4n) is 3.33. The van der Waals surface area contributed by atoms with E-state index in [1.165, 1.54) is 0 Å². The van der Waals surface area contributed by atoms with E-state index in [9.17, 15) is 10.2 Å². The monoisotopic (exact) mass is 426 g/mol. The number of rotatable bonds is 4. The van der Waals surface area contributed by atoms with Gasteiger partial charge in [-0.05, 0) is 12.1 Å². The van der Waals surface area contributed by atoms with Crippen LogP contribution in [0.1, 0.15) is 23.7 Å². The first kappa shape index (κ1) is 20.1. The summed E-state index contributed by atoms with van der Waals surface area (Å²) >= 11 is 12.4. The number of ether oxygens (including phenoxy) is 4. The molecule has 2 aromatic rings. The predicted octanol–water partition coefficient (Wildman–Crippen LogP) is 3.24. The highest BCUT2D eigenvalue weighted by molar-refractivity contribution is 6.31. The molecule has 2 heterocycles. The molecule has 0 aromatic heterocycles. The van der Waals surface area contributed by atoms with Crippen molar-refractivity contribution in [3.05, 3.63) is 69.7 Å². The van der Waals surface area contributed by atoms with Crippen LogP contribution in [0.5, 0.6) is 0 Å². The minimum absolute atomic E-state index is 0.000858. The fourth-order valence-corrected chi connectivity index (χ4v) is 3.78. The number of hydrogen-bond donors (Lipinski definition) is 2. The number of aliphatic hydroxyl groups is 2. The minimum Gasteiger partial charge on any atom is -0.388 e. The van der Waals surface area contributed by atoms with Crippen LogP contribution in [0.3, 0.4) is 0 Å². The van der Waals surface area contributed by atoms with E-state index in [1.807, 2.05) is 18.2 Å². The lowest BCUT2D eigenvalue weighted by Crippen LogP contribution is -2.52. The van der Waals surface area contributed by atoms with Gasteiger partial charge >= 0.3 is 0 Å². The molecule has 0 spiro atoms. The maximum Gasteiger partial charge on any atom is 0.185 e. The molecule has 2 N–H and O–H groups in total. The van der Waals surface area contributed by atoms with E-state index in [0.717, 1.165) is 0 Å². The second-order valence-electron chi connectivity index (χ2n) is 6.71. The van der Waals surface area contributed by atoms with Crippen LogP contribution < -0.4 is 0 Å². The van der Waals surface area contributed by atoms with E-state index >= 15 is 0 Å². The average Bonchev–Trinajstić information content (AvgIpc) is 3.19. The molecule has 6 nitrogen and oxygen atoms in total. The number of benzene rings is 2. The van der Waals surface area contributed by atoms with Gasteiger partial charge in [-0.15, -0.1) is 0 Å². The van der Waals surface area contributed by atoms with Gasteiger partial charge in [0, 0.05) is 21.2 Å². The Bertz CT molecular complexity index is 819. The number of halogens is 2. The standard InChI is InChI=1S/C20H20Cl2O6/c21-13-7-3-1-5-11(13)19-26-10-16(27-19)17(24)18-15(23)9-25-20(28-18)12-6-2-4-8-14(12)22/h1-8,15-20,23-24H,9-10H2/t15-,16+,17-,18-,19?,20?/m0/s1. The zero-order valence-corrected chi connectivity index (χ0v) is 16.3. The summed E-state index contributed by atoms with van der Waals surface area (Å²) in [4.78, 5) is 0. The molecular weight excluding hydrogens is 407 g/mol. The van der Waals surface area contributed by atoms with Crippen LogP contribution in [0.25, 0.3) is 0 Å². The highest BCUT2D eigenvalue weighted by atomic mass is 35.5. The molecule has 6 atom stereocenters. The van der Waals surface area contributed by atoms with Crippen molar-refractivity contribution in [1.82, 2.24) is 0 Å². The van der Waals surface area contributed by atoms with E-state index in [0.29, 0.717) is 21.2 Å². The Labute approximate surface area is 172 Å². The molecular formula is C20H20Cl2O6. The first-order valence-corrected chi connectivity index (χ1v) is 9.69. The Morgan fingerprint density at radius 2 is 1.36 bits per heavy atom. The third kappa shape index (κ3) is 4.06. The molecule has 2 aliphatic heterocycles. The van der Waals surface area contributed by atoms with E-state index < -0.39 is 37.0 Å². The Morgan fingerprint density at radius 1 is 0.821 bits per heavy atom. The van der Waals surface area contributed by atoms with Crippen LogP contribution in [0.15, 0.2) is 48.5 Å². The quantitative estimate of drug-likeness (QED) is 0.781. The molecule has 28 heavy (non-hydrogen) atoms. The normalized spacial score (nSPS) is 31.6. The summed E-state index contributed by atoms with van der Waals surface area (Å²) in [6.45, 7) is 0.139. The van der Waals surface area contributed by atoms with Crippen molar-refractivity contribution >= 4 is 23.2 Å². The van der Waals surface area contributed by atoms with E-state index in [2.05, 4.69) is 0 Å². The van der Waals surface area contributed by atoms with Gasteiger partial charge in [-0.3, -0.25) is 0 Å². The van der Waals surface area contributed by atoms with Crippen LogP contribution >= 0.6 is 23.2 Å². The van der Waals surface area contributed by atoms with Crippen LogP contribution in [0.4, 0.5) is 0 Å². The minimum atomic E-state index is -1.13. The zero-order chi connectivity index (χ0) is 19.7. The average molecular weight is 427 g/mol. The van der Waals surface area contributed by atoms with Gasteiger partial charge in [0.15, 0.2) is 12.6 Å². The molecule has 2 saturated heterocycles. The van der Waals surface area contributed by atoms with Crippen LogP contribution in [-0.4, -0.2) is 47.8 Å². The van der Waals surface area contributed by atoms with Crippen molar-refractivity contribution in [3.8, 4) is 0 Å². The van der Waals surface area contributed by atoms with Gasteiger partial charge in [-0.25, -0.2) is 0 Å². The third-order valence-electron chi connectivity index (χ3n) is 4.82. The van der Waals surface area contributed by atoms with Crippen molar-refractivity contribution in [2.24, 2.45) is 0 Å². The summed E-state index contributed by atoms with van der Waals surface area (Å²) in [5.74, 6) is 0.